The molecule has 6 nitrogen and oxygen atoms in total. The minimum absolute atomic E-state index is 0.0384. The second kappa shape index (κ2) is 9.13. The summed E-state index contributed by atoms with van der Waals surface area (Å²) in [7, 11) is 0. The van der Waals surface area contributed by atoms with E-state index in [9.17, 15) is 23.5 Å². The second-order valence-corrected chi connectivity index (χ2v) is 8.50. The number of hydrogen-bond acceptors (Lipinski definition) is 5. The molecule has 1 amide bonds. The van der Waals surface area contributed by atoms with Crippen LogP contribution in [-0.2, 0) is 4.79 Å². The minimum Gasteiger partial charge on any atom is -0.503 e. The number of carbonyl (C=O) groups is 2. The molecular formula is C27H18ClF2NO5. The average Bonchev–Trinajstić information content (AvgIpc) is 3.40. The summed E-state index contributed by atoms with van der Waals surface area (Å²) in [4.78, 5) is 27.9. The fourth-order valence-corrected chi connectivity index (χ4v) is 4.41. The van der Waals surface area contributed by atoms with Gasteiger partial charge in [-0.2, -0.15) is 0 Å². The van der Waals surface area contributed by atoms with Gasteiger partial charge in [0.05, 0.1) is 18.2 Å². The third-order valence-electron chi connectivity index (χ3n) is 5.84. The highest BCUT2D eigenvalue weighted by molar-refractivity contribution is 6.31. The summed E-state index contributed by atoms with van der Waals surface area (Å²) < 4.78 is 38.9. The van der Waals surface area contributed by atoms with Gasteiger partial charge >= 0.3 is 0 Å². The lowest BCUT2D eigenvalue weighted by molar-refractivity contribution is -0.117. The number of aliphatic hydroxyl groups is 1. The van der Waals surface area contributed by atoms with Gasteiger partial charge < -0.3 is 14.3 Å². The predicted molar refractivity (Wildman–Crippen MR) is 129 cm³/mol. The summed E-state index contributed by atoms with van der Waals surface area (Å²) in [6, 6.07) is 14.6. The summed E-state index contributed by atoms with van der Waals surface area (Å²) in [6.45, 7) is 2.26. The fraction of sp³-hybridized carbons (Fsp3) is 0.111. The van der Waals surface area contributed by atoms with Crippen molar-refractivity contribution in [3.8, 4) is 5.75 Å². The maximum Gasteiger partial charge on any atom is 0.294 e. The van der Waals surface area contributed by atoms with E-state index in [-0.39, 0.29) is 17.0 Å². The number of benzene rings is 3. The zero-order valence-corrected chi connectivity index (χ0v) is 19.6. The molecule has 1 aromatic heterocycles. The van der Waals surface area contributed by atoms with Crippen molar-refractivity contribution >= 4 is 39.9 Å². The van der Waals surface area contributed by atoms with Crippen molar-refractivity contribution in [3.05, 3.63) is 106 Å². The largest absolute Gasteiger partial charge is 0.503 e. The van der Waals surface area contributed by atoms with Crippen LogP contribution in [0.25, 0.3) is 11.0 Å². The van der Waals surface area contributed by atoms with Gasteiger partial charge in [-0.25, -0.2) is 8.78 Å². The molecule has 0 saturated heterocycles. The van der Waals surface area contributed by atoms with E-state index in [1.54, 1.807) is 42.5 Å². The molecule has 0 aliphatic carbocycles. The van der Waals surface area contributed by atoms with E-state index in [4.69, 9.17) is 20.8 Å². The second-order valence-electron chi connectivity index (χ2n) is 8.06. The van der Waals surface area contributed by atoms with Crippen molar-refractivity contribution in [2.45, 2.75) is 13.0 Å². The average molecular weight is 510 g/mol. The van der Waals surface area contributed by atoms with E-state index in [0.717, 1.165) is 17.0 Å². The van der Waals surface area contributed by atoms with Gasteiger partial charge in [0.15, 0.2) is 23.2 Å². The highest BCUT2D eigenvalue weighted by atomic mass is 35.5. The lowest BCUT2D eigenvalue weighted by atomic mass is 9.94. The van der Waals surface area contributed by atoms with Gasteiger partial charge in [-0.15, -0.1) is 0 Å². The number of amides is 1. The third kappa shape index (κ3) is 3.99. The Hall–Kier alpha value is -4.17. The third-order valence-corrected chi connectivity index (χ3v) is 6.08. The summed E-state index contributed by atoms with van der Waals surface area (Å²) in [5.74, 6) is -4.34. The van der Waals surface area contributed by atoms with Gasteiger partial charge in [0, 0.05) is 22.2 Å². The fourth-order valence-electron chi connectivity index (χ4n) is 4.23. The van der Waals surface area contributed by atoms with Crippen molar-refractivity contribution in [3.63, 3.8) is 0 Å². The van der Waals surface area contributed by atoms with Crippen LogP contribution in [0, 0.1) is 11.6 Å². The van der Waals surface area contributed by atoms with Crippen molar-refractivity contribution in [1.29, 1.82) is 0 Å². The number of nitrogens with zero attached hydrogens (tertiary/aromatic N) is 1. The number of carbonyl (C=O) groups excluding carboxylic acids is 2. The molecule has 1 aliphatic heterocycles. The van der Waals surface area contributed by atoms with E-state index in [1.165, 1.54) is 12.1 Å². The summed E-state index contributed by atoms with van der Waals surface area (Å²) in [5, 5.41) is 11.8. The number of Topliss-reactive ketones (excluding diaryl/α,β-unsaturated/α-hetero) is 1. The van der Waals surface area contributed by atoms with Gasteiger partial charge in [0.25, 0.3) is 5.91 Å². The van der Waals surface area contributed by atoms with E-state index in [0.29, 0.717) is 33.9 Å². The van der Waals surface area contributed by atoms with Crippen LogP contribution in [0.15, 0.2) is 82.5 Å². The van der Waals surface area contributed by atoms with E-state index >= 15 is 0 Å². The number of ketones is 1. The van der Waals surface area contributed by atoms with Crippen molar-refractivity contribution in [1.82, 2.24) is 0 Å². The van der Waals surface area contributed by atoms with E-state index < -0.39 is 35.1 Å². The Morgan fingerprint density at radius 2 is 1.81 bits per heavy atom. The molecule has 182 valence electrons. The van der Waals surface area contributed by atoms with Gasteiger partial charge in [-0.1, -0.05) is 23.7 Å². The molecule has 0 bridgehead atoms. The number of fused-ring (bicyclic) bond motifs is 1. The van der Waals surface area contributed by atoms with E-state index in [2.05, 4.69) is 0 Å². The van der Waals surface area contributed by atoms with Crippen LogP contribution in [0.3, 0.4) is 0 Å². The van der Waals surface area contributed by atoms with Crippen molar-refractivity contribution < 1.29 is 32.6 Å². The maximum atomic E-state index is 14.1. The number of halogens is 3. The number of rotatable bonds is 6. The standard InChI is InChI=1S/C27H18ClF2NO5/c1-2-35-18-7-3-14(4-8-18)24-23(25(32)22-12-15-11-16(28)5-10-21(15)36-22)26(33)27(34)31(24)17-6-9-19(29)20(30)13-17/h3-13,24,33H,2H2,1H3. The summed E-state index contributed by atoms with van der Waals surface area (Å²) >= 11 is 6.03. The molecule has 0 fully saturated rings. The predicted octanol–water partition coefficient (Wildman–Crippen LogP) is 6.55. The van der Waals surface area contributed by atoms with Crippen LogP contribution in [-0.4, -0.2) is 23.4 Å². The Bertz CT molecular complexity index is 1540. The SMILES string of the molecule is CCOc1ccc(C2C(C(=O)c3cc4cc(Cl)ccc4o3)=C(O)C(=O)N2c2ccc(F)c(F)c2)cc1. The molecule has 9 heteroatoms. The van der Waals surface area contributed by atoms with Gasteiger partial charge in [0.1, 0.15) is 11.3 Å². The maximum absolute atomic E-state index is 14.1. The number of aliphatic hydroxyl groups excluding tert-OH is 1. The van der Waals surface area contributed by atoms with Crippen LogP contribution >= 0.6 is 11.6 Å². The molecule has 5 rings (SSSR count). The van der Waals surface area contributed by atoms with Gasteiger partial charge in [-0.3, -0.25) is 14.5 Å². The number of furan rings is 1. The highest BCUT2D eigenvalue weighted by Gasteiger charge is 2.45. The molecule has 0 radical (unpaired) electrons. The van der Waals surface area contributed by atoms with E-state index in [1.807, 2.05) is 6.92 Å². The lowest BCUT2D eigenvalue weighted by Gasteiger charge is -2.27. The molecule has 4 aromatic rings. The molecule has 0 spiro atoms. The monoisotopic (exact) mass is 509 g/mol. The van der Waals surface area contributed by atoms with Crippen LogP contribution in [0.1, 0.15) is 29.1 Å². The summed E-state index contributed by atoms with van der Waals surface area (Å²) in [5.41, 5.74) is 0.521. The Morgan fingerprint density at radius 3 is 2.50 bits per heavy atom. The number of ether oxygens (including phenoxy) is 1. The first kappa shape index (κ1) is 23.6. The first-order valence-electron chi connectivity index (χ1n) is 11.0. The van der Waals surface area contributed by atoms with Crippen molar-refractivity contribution in [2.24, 2.45) is 0 Å². The Labute approximate surface area is 209 Å². The molecule has 1 aliphatic rings. The van der Waals surface area contributed by atoms with Crippen LogP contribution in [0.4, 0.5) is 14.5 Å². The number of anilines is 1. The van der Waals surface area contributed by atoms with Crippen LogP contribution < -0.4 is 9.64 Å². The minimum atomic E-state index is -1.18. The molecule has 0 saturated carbocycles. The quantitative estimate of drug-likeness (QED) is 0.298. The molecule has 1 unspecified atom stereocenters. The smallest absolute Gasteiger partial charge is 0.294 e. The Kier molecular flexibility index (Phi) is 5.97. The molecule has 1 N–H and O–H groups in total. The van der Waals surface area contributed by atoms with Gasteiger partial charge in [0.2, 0.25) is 5.78 Å². The number of hydrogen-bond donors (Lipinski definition) is 1. The molecule has 3 aromatic carbocycles. The highest BCUT2D eigenvalue weighted by Crippen LogP contribution is 2.43. The lowest BCUT2D eigenvalue weighted by Crippen LogP contribution is -2.31. The zero-order chi connectivity index (χ0) is 25.6. The normalized spacial score (nSPS) is 15.7. The first-order chi connectivity index (χ1) is 17.3. The van der Waals surface area contributed by atoms with Crippen LogP contribution in [0.2, 0.25) is 5.02 Å². The molecule has 1 atom stereocenters. The first-order valence-corrected chi connectivity index (χ1v) is 11.3. The topological polar surface area (TPSA) is 80.0 Å². The Balaban J connectivity index is 1.64. The molecular weight excluding hydrogens is 492 g/mol. The zero-order valence-electron chi connectivity index (χ0n) is 18.8. The van der Waals surface area contributed by atoms with Crippen LogP contribution in [0.5, 0.6) is 5.75 Å². The van der Waals surface area contributed by atoms with Gasteiger partial charge in [-0.05, 0) is 61.0 Å². The molecule has 36 heavy (non-hydrogen) atoms. The Morgan fingerprint density at radius 1 is 1.06 bits per heavy atom. The van der Waals surface area contributed by atoms with Crippen molar-refractivity contribution in [2.75, 3.05) is 11.5 Å². The molecule has 2 heterocycles. The summed E-state index contributed by atoms with van der Waals surface area (Å²) in [6.07, 6.45) is 0.